The van der Waals surface area contributed by atoms with Crippen LogP contribution in [0.3, 0.4) is 0 Å². The number of carbonyl (C=O) groups excluding carboxylic acids is 1. The number of nitrogens with zero attached hydrogens (tertiary/aromatic N) is 1. The van der Waals surface area contributed by atoms with Crippen molar-refractivity contribution in [2.75, 3.05) is 26.0 Å². The maximum absolute atomic E-state index is 12.7. The van der Waals surface area contributed by atoms with Crippen molar-refractivity contribution < 1.29 is 9.53 Å². The Labute approximate surface area is 121 Å². The first kappa shape index (κ1) is 16.5. The van der Waals surface area contributed by atoms with Crippen LogP contribution in [0.5, 0.6) is 0 Å². The summed E-state index contributed by atoms with van der Waals surface area (Å²) in [5.74, 6) is 0.0545. The van der Waals surface area contributed by atoms with E-state index in [4.69, 9.17) is 10.5 Å². The number of benzene rings is 1. The van der Waals surface area contributed by atoms with Crippen LogP contribution in [-0.4, -0.2) is 37.1 Å². The third-order valence-corrected chi connectivity index (χ3v) is 3.70. The molecule has 0 radical (unpaired) electrons. The van der Waals surface area contributed by atoms with Gasteiger partial charge in [-0.2, -0.15) is 0 Å². The smallest absolute Gasteiger partial charge is 0.254 e. The molecule has 0 atom stereocenters. The molecule has 0 fully saturated rings. The summed E-state index contributed by atoms with van der Waals surface area (Å²) in [6, 6.07) is 5.70. The maximum Gasteiger partial charge on any atom is 0.254 e. The van der Waals surface area contributed by atoms with Crippen LogP contribution in [0.4, 0.5) is 5.69 Å². The lowest BCUT2D eigenvalue weighted by Gasteiger charge is -2.30. The lowest BCUT2D eigenvalue weighted by molar-refractivity contribution is 0.0589. The van der Waals surface area contributed by atoms with Gasteiger partial charge in [-0.15, -0.1) is 0 Å². The summed E-state index contributed by atoms with van der Waals surface area (Å²) in [7, 11) is 1.66. The molecule has 0 bridgehead atoms. The Morgan fingerprint density at radius 3 is 2.50 bits per heavy atom. The summed E-state index contributed by atoms with van der Waals surface area (Å²) in [4.78, 5) is 14.6. The zero-order valence-electron chi connectivity index (χ0n) is 13.0. The van der Waals surface area contributed by atoms with Crippen LogP contribution in [0, 0.1) is 6.92 Å². The molecular weight excluding hydrogens is 252 g/mol. The fourth-order valence-electron chi connectivity index (χ4n) is 2.34. The van der Waals surface area contributed by atoms with Crippen LogP contribution in [-0.2, 0) is 4.74 Å². The average molecular weight is 278 g/mol. The molecule has 4 heteroatoms. The number of rotatable bonds is 7. The van der Waals surface area contributed by atoms with Gasteiger partial charge in [0.25, 0.3) is 5.91 Å². The van der Waals surface area contributed by atoms with Gasteiger partial charge < -0.3 is 15.4 Å². The van der Waals surface area contributed by atoms with E-state index in [-0.39, 0.29) is 11.9 Å². The number of aryl methyl sites for hydroxylation is 1. The lowest BCUT2D eigenvalue weighted by atomic mass is 10.1. The molecule has 1 aromatic carbocycles. The van der Waals surface area contributed by atoms with Crippen molar-refractivity contribution in [2.24, 2.45) is 0 Å². The molecule has 112 valence electrons. The van der Waals surface area contributed by atoms with E-state index in [2.05, 4.69) is 13.8 Å². The molecule has 1 aromatic rings. The monoisotopic (exact) mass is 278 g/mol. The number of anilines is 1. The molecule has 0 heterocycles. The first-order chi connectivity index (χ1) is 9.54. The predicted octanol–water partition coefficient (Wildman–Crippen LogP) is 2.85. The Bertz CT molecular complexity index is 442. The van der Waals surface area contributed by atoms with Crippen LogP contribution < -0.4 is 5.73 Å². The van der Waals surface area contributed by atoms with Crippen LogP contribution in [0.2, 0.25) is 0 Å². The molecule has 1 amide bonds. The van der Waals surface area contributed by atoms with Gasteiger partial charge in [0, 0.05) is 30.9 Å². The summed E-state index contributed by atoms with van der Waals surface area (Å²) < 4.78 is 5.13. The van der Waals surface area contributed by atoms with Crippen LogP contribution in [0.15, 0.2) is 18.2 Å². The second-order valence-electron chi connectivity index (χ2n) is 5.03. The Morgan fingerprint density at radius 2 is 2.00 bits per heavy atom. The van der Waals surface area contributed by atoms with E-state index >= 15 is 0 Å². The molecule has 20 heavy (non-hydrogen) atoms. The molecule has 0 aliphatic carbocycles. The molecule has 4 nitrogen and oxygen atoms in total. The van der Waals surface area contributed by atoms with Gasteiger partial charge in [0.2, 0.25) is 0 Å². The van der Waals surface area contributed by atoms with Gasteiger partial charge in [-0.3, -0.25) is 4.79 Å². The Morgan fingerprint density at radius 1 is 1.35 bits per heavy atom. The van der Waals surface area contributed by atoms with E-state index in [9.17, 15) is 4.79 Å². The number of carbonyl (C=O) groups is 1. The van der Waals surface area contributed by atoms with Gasteiger partial charge in [-0.1, -0.05) is 13.8 Å². The molecule has 0 aromatic heterocycles. The molecule has 0 saturated carbocycles. The zero-order chi connectivity index (χ0) is 15.1. The third-order valence-electron chi connectivity index (χ3n) is 3.70. The molecule has 2 N–H and O–H groups in total. The fourth-order valence-corrected chi connectivity index (χ4v) is 2.34. The molecule has 0 saturated heterocycles. The van der Waals surface area contributed by atoms with Gasteiger partial charge in [0.15, 0.2) is 0 Å². The second kappa shape index (κ2) is 7.90. The molecule has 0 unspecified atom stereocenters. The van der Waals surface area contributed by atoms with Crippen LogP contribution in [0.25, 0.3) is 0 Å². The van der Waals surface area contributed by atoms with Crippen molar-refractivity contribution in [1.82, 2.24) is 4.90 Å². The quantitative estimate of drug-likeness (QED) is 0.780. The first-order valence-electron chi connectivity index (χ1n) is 7.21. The normalized spacial score (nSPS) is 10.8. The fraction of sp³-hybridized carbons (Fsp3) is 0.562. The van der Waals surface area contributed by atoms with Crippen LogP contribution in [0.1, 0.15) is 42.6 Å². The number of nitrogens with two attached hydrogens (primary N) is 1. The van der Waals surface area contributed by atoms with E-state index < -0.39 is 0 Å². The van der Waals surface area contributed by atoms with Crippen molar-refractivity contribution in [3.63, 3.8) is 0 Å². The van der Waals surface area contributed by atoms with E-state index in [1.54, 1.807) is 19.2 Å². The minimum absolute atomic E-state index is 0.0545. The Hall–Kier alpha value is -1.55. The minimum Gasteiger partial charge on any atom is -0.399 e. The average Bonchev–Trinajstić information content (AvgIpc) is 2.45. The SMILES string of the molecule is CCC(CC)N(CCOC)C(=O)c1ccc(N)c(C)c1. The highest BCUT2D eigenvalue weighted by atomic mass is 16.5. The van der Waals surface area contributed by atoms with Crippen molar-refractivity contribution in [3.05, 3.63) is 29.3 Å². The highest BCUT2D eigenvalue weighted by molar-refractivity contribution is 5.95. The number of methoxy groups -OCH3 is 1. The predicted molar refractivity (Wildman–Crippen MR) is 82.9 cm³/mol. The van der Waals surface area contributed by atoms with Gasteiger partial charge >= 0.3 is 0 Å². The number of nitrogen functional groups attached to an aromatic ring is 1. The first-order valence-corrected chi connectivity index (χ1v) is 7.21. The topological polar surface area (TPSA) is 55.6 Å². The van der Waals surface area contributed by atoms with Crippen molar-refractivity contribution in [1.29, 1.82) is 0 Å². The standard InChI is InChI=1S/C16H26N2O2/c1-5-14(6-2)18(9-10-20-4)16(19)13-7-8-15(17)12(3)11-13/h7-8,11,14H,5-6,9-10,17H2,1-4H3. The van der Waals surface area contributed by atoms with Crippen molar-refractivity contribution in [2.45, 2.75) is 39.7 Å². The maximum atomic E-state index is 12.7. The van der Waals surface area contributed by atoms with E-state index in [1.165, 1.54) is 0 Å². The molecule has 0 aliphatic heterocycles. The van der Waals surface area contributed by atoms with E-state index in [0.717, 1.165) is 18.4 Å². The lowest BCUT2D eigenvalue weighted by Crippen LogP contribution is -2.41. The highest BCUT2D eigenvalue weighted by Gasteiger charge is 2.22. The van der Waals surface area contributed by atoms with Gasteiger partial charge in [-0.05, 0) is 43.5 Å². The van der Waals surface area contributed by atoms with E-state index in [0.29, 0.717) is 24.4 Å². The minimum atomic E-state index is 0.0545. The summed E-state index contributed by atoms with van der Waals surface area (Å²) in [6.07, 6.45) is 1.89. The van der Waals surface area contributed by atoms with Crippen LogP contribution >= 0.6 is 0 Å². The largest absolute Gasteiger partial charge is 0.399 e. The Kier molecular flexibility index (Phi) is 6.52. The van der Waals surface area contributed by atoms with Gasteiger partial charge in [-0.25, -0.2) is 0 Å². The Balaban J connectivity index is 2.99. The number of hydrogen-bond donors (Lipinski definition) is 1. The van der Waals surface area contributed by atoms with Gasteiger partial charge in [0.05, 0.1) is 6.61 Å². The molecule has 0 aliphatic rings. The summed E-state index contributed by atoms with van der Waals surface area (Å²) >= 11 is 0. The summed E-state index contributed by atoms with van der Waals surface area (Å²) in [5, 5.41) is 0. The molecule has 0 spiro atoms. The number of amides is 1. The zero-order valence-corrected chi connectivity index (χ0v) is 13.0. The van der Waals surface area contributed by atoms with Crippen molar-refractivity contribution in [3.8, 4) is 0 Å². The summed E-state index contributed by atoms with van der Waals surface area (Å²) in [6.45, 7) is 7.30. The molecule has 1 rings (SSSR count). The van der Waals surface area contributed by atoms with Crippen molar-refractivity contribution >= 4 is 11.6 Å². The third kappa shape index (κ3) is 3.97. The summed E-state index contributed by atoms with van der Waals surface area (Å²) in [5.41, 5.74) is 8.16. The van der Waals surface area contributed by atoms with E-state index in [1.807, 2.05) is 17.9 Å². The number of ether oxygens (including phenoxy) is 1. The van der Waals surface area contributed by atoms with Gasteiger partial charge in [0.1, 0.15) is 0 Å². The highest BCUT2D eigenvalue weighted by Crippen LogP contribution is 2.17. The second-order valence-corrected chi connectivity index (χ2v) is 5.03. The molecular formula is C16H26N2O2. The number of hydrogen-bond acceptors (Lipinski definition) is 3.